The predicted molar refractivity (Wildman–Crippen MR) is 147 cm³/mol. The van der Waals surface area contributed by atoms with Crippen molar-refractivity contribution >= 4 is 59.8 Å². The van der Waals surface area contributed by atoms with E-state index in [2.05, 4.69) is 126 Å². The van der Waals surface area contributed by atoms with Gasteiger partial charge in [0.2, 0.25) is 5.52 Å². The molecule has 3 aromatic heterocycles. The summed E-state index contributed by atoms with van der Waals surface area (Å²) in [7, 11) is 2.18. The van der Waals surface area contributed by atoms with E-state index in [1.807, 2.05) is 0 Å². The van der Waals surface area contributed by atoms with Crippen LogP contribution in [-0.4, -0.2) is 4.40 Å². The van der Waals surface area contributed by atoms with Gasteiger partial charge in [-0.3, -0.25) is 0 Å². The SMILES string of the molecule is Cc1c2ccccc2c2c3ccccc3n3c4cc(-c5ccccc5)cc5cc[n+](C)c(c1c23)c54. The number of fused-ring (bicyclic) bond motifs is 7. The molecule has 8 aromatic rings. The molecule has 2 nitrogen and oxygen atoms in total. The van der Waals surface area contributed by atoms with Crippen molar-refractivity contribution in [1.82, 2.24) is 4.40 Å². The van der Waals surface area contributed by atoms with Gasteiger partial charge in [-0.05, 0) is 58.0 Å². The van der Waals surface area contributed by atoms with E-state index < -0.39 is 0 Å². The Bertz CT molecular complexity index is 2110. The quantitative estimate of drug-likeness (QED) is 0.137. The van der Waals surface area contributed by atoms with Crippen molar-refractivity contribution in [2.24, 2.45) is 7.05 Å². The lowest BCUT2D eigenvalue weighted by Crippen LogP contribution is -2.29. The lowest BCUT2D eigenvalue weighted by Gasteiger charge is -2.16. The third kappa shape index (κ3) is 2.31. The smallest absolute Gasteiger partial charge is 0.224 e. The Labute approximate surface area is 202 Å². The molecule has 2 heteroatoms. The van der Waals surface area contributed by atoms with Crippen molar-refractivity contribution in [3.8, 4) is 11.1 Å². The van der Waals surface area contributed by atoms with Gasteiger partial charge in [-0.25, -0.2) is 4.57 Å². The molecule has 0 saturated heterocycles. The van der Waals surface area contributed by atoms with Crippen LogP contribution in [0, 0.1) is 6.92 Å². The summed E-state index contributed by atoms with van der Waals surface area (Å²) in [5, 5.41) is 9.28. The van der Waals surface area contributed by atoms with E-state index in [-0.39, 0.29) is 0 Å². The Hall–Kier alpha value is -4.43. The molecular formula is C33H23N2+. The maximum absolute atomic E-state index is 2.53. The Kier molecular flexibility index (Phi) is 3.56. The van der Waals surface area contributed by atoms with Gasteiger partial charge in [-0.1, -0.05) is 72.8 Å². The van der Waals surface area contributed by atoms with Crippen LogP contribution in [0.15, 0.2) is 103 Å². The number of para-hydroxylation sites is 1. The zero-order valence-corrected chi connectivity index (χ0v) is 19.7. The second-order valence-corrected chi connectivity index (χ2v) is 9.72. The molecule has 164 valence electrons. The summed E-state index contributed by atoms with van der Waals surface area (Å²) in [6, 6.07) is 35.5. The maximum Gasteiger partial charge on any atom is 0.224 e. The molecule has 0 radical (unpaired) electrons. The number of hydrogen-bond acceptors (Lipinski definition) is 0. The van der Waals surface area contributed by atoms with E-state index in [1.165, 1.54) is 76.5 Å². The fraction of sp³-hybridized carbons (Fsp3) is 0.0606. The van der Waals surface area contributed by atoms with E-state index in [0.717, 1.165) is 0 Å². The van der Waals surface area contributed by atoms with E-state index in [4.69, 9.17) is 0 Å². The van der Waals surface area contributed by atoms with Gasteiger partial charge in [-0.2, -0.15) is 0 Å². The number of hydrogen-bond donors (Lipinski definition) is 0. The molecule has 0 fully saturated rings. The first-order valence-corrected chi connectivity index (χ1v) is 12.2. The number of pyridine rings is 2. The Balaban J connectivity index is 1.78. The summed E-state index contributed by atoms with van der Waals surface area (Å²) in [6.45, 7) is 2.29. The van der Waals surface area contributed by atoms with Gasteiger partial charge in [-0.15, -0.1) is 0 Å². The number of rotatable bonds is 1. The molecule has 5 aromatic carbocycles. The van der Waals surface area contributed by atoms with Gasteiger partial charge >= 0.3 is 0 Å². The maximum atomic E-state index is 2.53. The van der Waals surface area contributed by atoms with Gasteiger partial charge in [0, 0.05) is 16.8 Å². The molecule has 35 heavy (non-hydrogen) atoms. The molecule has 0 bridgehead atoms. The van der Waals surface area contributed by atoms with Crippen LogP contribution in [0.5, 0.6) is 0 Å². The molecule has 0 spiro atoms. The minimum Gasteiger partial charge on any atom is -0.307 e. The summed E-state index contributed by atoms with van der Waals surface area (Å²) in [4.78, 5) is 0. The van der Waals surface area contributed by atoms with Gasteiger partial charge < -0.3 is 4.40 Å². The highest BCUT2D eigenvalue weighted by Gasteiger charge is 2.26. The molecule has 0 aliphatic rings. The molecule has 0 N–H and O–H groups in total. The second kappa shape index (κ2) is 6.58. The Morgan fingerprint density at radius 3 is 2.14 bits per heavy atom. The summed E-state index contributed by atoms with van der Waals surface area (Å²) in [6.07, 6.45) is 2.22. The van der Waals surface area contributed by atoms with Crippen LogP contribution in [0.2, 0.25) is 0 Å². The topological polar surface area (TPSA) is 8.29 Å². The first-order valence-electron chi connectivity index (χ1n) is 12.2. The zero-order chi connectivity index (χ0) is 23.3. The van der Waals surface area contributed by atoms with Crippen molar-refractivity contribution in [3.05, 3.63) is 109 Å². The third-order valence-corrected chi connectivity index (χ3v) is 7.89. The van der Waals surface area contributed by atoms with Crippen LogP contribution < -0.4 is 4.57 Å². The number of benzene rings is 5. The average molecular weight is 448 g/mol. The molecule has 0 aliphatic carbocycles. The molecule has 0 saturated carbocycles. The lowest BCUT2D eigenvalue weighted by molar-refractivity contribution is -0.643. The van der Waals surface area contributed by atoms with Crippen LogP contribution in [-0.2, 0) is 7.05 Å². The largest absolute Gasteiger partial charge is 0.307 e. The monoisotopic (exact) mass is 447 g/mol. The predicted octanol–water partition coefficient (Wildman–Crippen LogP) is 7.94. The Morgan fingerprint density at radius 2 is 1.31 bits per heavy atom. The first kappa shape index (κ1) is 18.9. The highest BCUT2D eigenvalue weighted by Crippen LogP contribution is 2.45. The van der Waals surface area contributed by atoms with Crippen molar-refractivity contribution in [3.63, 3.8) is 0 Å². The minimum absolute atomic E-state index is 1.24. The van der Waals surface area contributed by atoms with Crippen molar-refractivity contribution < 1.29 is 4.57 Å². The first-order chi connectivity index (χ1) is 17.2. The van der Waals surface area contributed by atoms with Gasteiger partial charge in [0.25, 0.3) is 0 Å². The van der Waals surface area contributed by atoms with E-state index in [9.17, 15) is 0 Å². The molecule has 0 unspecified atom stereocenters. The van der Waals surface area contributed by atoms with Gasteiger partial charge in [0.05, 0.1) is 27.3 Å². The molecule has 0 aliphatic heterocycles. The van der Waals surface area contributed by atoms with Crippen molar-refractivity contribution in [2.45, 2.75) is 6.92 Å². The number of nitrogens with zero attached hydrogens (tertiary/aromatic N) is 2. The van der Waals surface area contributed by atoms with Crippen LogP contribution in [0.3, 0.4) is 0 Å². The van der Waals surface area contributed by atoms with E-state index >= 15 is 0 Å². The minimum atomic E-state index is 1.24. The van der Waals surface area contributed by atoms with Crippen molar-refractivity contribution in [1.29, 1.82) is 0 Å². The second-order valence-electron chi connectivity index (χ2n) is 9.72. The van der Waals surface area contributed by atoms with Crippen LogP contribution in [0.4, 0.5) is 0 Å². The van der Waals surface area contributed by atoms with Crippen LogP contribution >= 0.6 is 0 Å². The number of aryl methyl sites for hydroxylation is 2. The zero-order valence-electron chi connectivity index (χ0n) is 19.7. The average Bonchev–Trinajstić information content (AvgIpc) is 3.25. The highest BCUT2D eigenvalue weighted by atomic mass is 15.0. The normalized spacial score (nSPS) is 12.3. The fourth-order valence-corrected chi connectivity index (χ4v) is 6.39. The lowest BCUT2D eigenvalue weighted by atomic mass is 9.93. The van der Waals surface area contributed by atoms with E-state index in [1.54, 1.807) is 0 Å². The molecule has 0 amide bonds. The molecule has 3 heterocycles. The van der Waals surface area contributed by atoms with E-state index in [0.29, 0.717) is 0 Å². The Morgan fingerprint density at radius 1 is 0.600 bits per heavy atom. The summed E-state index contributed by atoms with van der Waals surface area (Å²) in [5.74, 6) is 0. The van der Waals surface area contributed by atoms with Crippen molar-refractivity contribution in [2.75, 3.05) is 0 Å². The number of aromatic nitrogens is 2. The summed E-state index contributed by atoms with van der Waals surface area (Å²) in [5.41, 5.74) is 9.00. The van der Waals surface area contributed by atoms with Crippen LogP contribution in [0.1, 0.15) is 5.56 Å². The van der Waals surface area contributed by atoms with Crippen LogP contribution in [0.25, 0.3) is 70.9 Å². The standard InChI is InChI=1S/C33H23N2/c1-20-24-12-6-7-13-25(24)31-26-14-8-9-15-27(26)35-28-19-23(21-10-4-3-5-11-21)18-22-16-17-34(2)32(30(22)28)29(20)33(31)35/h3-19H,1-2H3/q+1. The van der Waals surface area contributed by atoms with Gasteiger partial charge in [0.15, 0.2) is 6.20 Å². The summed E-state index contributed by atoms with van der Waals surface area (Å²) < 4.78 is 4.84. The third-order valence-electron chi connectivity index (χ3n) is 7.89. The fourth-order valence-electron chi connectivity index (χ4n) is 6.39. The van der Waals surface area contributed by atoms with Gasteiger partial charge in [0.1, 0.15) is 7.05 Å². The molecule has 0 atom stereocenters. The highest BCUT2D eigenvalue weighted by molar-refractivity contribution is 6.33. The molecule has 8 rings (SSSR count). The molecular weight excluding hydrogens is 424 g/mol. The summed E-state index contributed by atoms with van der Waals surface area (Å²) >= 11 is 0.